The Kier molecular flexibility index (Phi) is 7.16. The Morgan fingerprint density at radius 1 is 1.10 bits per heavy atom. The van der Waals surface area contributed by atoms with E-state index in [1.807, 2.05) is 36.4 Å². The molecule has 196 valence electrons. The third-order valence-electron chi connectivity index (χ3n) is 6.41. The number of para-hydroxylation sites is 1. The molecule has 8 nitrogen and oxygen atoms in total. The highest BCUT2D eigenvalue weighted by molar-refractivity contribution is 6.09. The predicted molar refractivity (Wildman–Crippen MR) is 147 cm³/mol. The molecule has 0 bridgehead atoms. The Labute approximate surface area is 228 Å². The van der Waals surface area contributed by atoms with Gasteiger partial charge in [0.05, 0.1) is 23.5 Å². The van der Waals surface area contributed by atoms with Crippen molar-refractivity contribution in [1.82, 2.24) is 19.3 Å². The fourth-order valence-electron chi connectivity index (χ4n) is 4.37. The minimum Gasteiger partial charge on any atom is -0.494 e. The first kappa shape index (κ1) is 26.0. The maximum atomic E-state index is 13.6. The van der Waals surface area contributed by atoms with Crippen LogP contribution in [0.15, 0.2) is 96.2 Å². The average Bonchev–Trinajstić information content (AvgIpc) is 3.40. The van der Waals surface area contributed by atoms with Crippen molar-refractivity contribution >= 4 is 11.9 Å². The van der Waals surface area contributed by atoms with E-state index in [0.29, 0.717) is 22.4 Å². The van der Waals surface area contributed by atoms with Crippen LogP contribution in [0, 0.1) is 24.1 Å². The summed E-state index contributed by atoms with van der Waals surface area (Å²) >= 11 is 0. The first-order chi connectivity index (χ1) is 19.4. The zero-order valence-corrected chi connectivity index (χ0v) is 21.3. The number of halogens is 1. The standard InChI is InChI=1S/C31H22FN5O3/c1-20-26(16-33)30(39)36(18-21-6-5-15-34-17-21)31(40)28(20)27(38)14-11-23-19-37(25-7-3-2-4-8-25)35-29(23)22-9-12-24(32)13-10-22/h2-15,17,19,40H,18H2,1H3/b14-11+. The molecule has 0 spiro atoms. The van der Waals surface area contributed by atoms with Crippen LogP contribution in [0.3, 0.4) is 0 Å². The number of rotatable bonds is 7. The van der Waals surface area contributed by atoms with Crippen molar-refractivity contribution in [2.24, 2.45) is 0 Å². The molecule has 1 N–H and O–H groups in total. The fraction of sp³-hybridized carbons (Fsp3) is 0.0645. The molecule has 0 fully saturated rings. The highest BCUT2D eigenvalue weighted by Crippen LogP contribution is 2.27. The second-order valence-corrected chi connectivity index (χ2v) is 8.98. The van der Waals surface area contributed by atoms with Crippen molar-refractivity contribution in [1.29, 1.82) is 5.26 Å². The van der Waals surface area contributed by atoms with Crippen molar-refractivity contribution in [3.05, 3.63) is 135 Å². The van der Waals surface area contributed by atoms with Crippen LogP contribution in [0.2, 0.25) is 0 Å². The molecular weight excluding hydrogens is 509 g/mol. The SMILES string of the molecule is Cc1c(C(=O)/C=C/c2cn(-c3ccccc3)nc2-c2ccc(F)cc2)c(O)n(Cc2cccnc2)c(=O)c1C#N. The molecule has 40 heavy (non-hydrogen) atoms. The molecule has 0 aliphatic rings. The third kappa shape index (κ3) is 5.06. The minimum atomic E-state index is -0.704. The molecule has 0 aliphatic heterocycles. The molecule has 0 atom stereocenters. The Bertz CT molecular complexity index is 1840. The normalized spacial score (nSPS) is 11.0. The number of benzene rings is 2. The van der Waals surface area contributed by atoms with Gasteiger partial charge in [0.15, 0.2) is 5.78 Å². The van der Waals surface area contributed by atoms with Gasteiger partial charge in [-0.1, -0.05) is 24.3 Å². The van der Waals surface area contributed by atoms with E-state index in [-0.39, 0.29) is 29.1 Å². The van der Waals surface area contributed by atoms with Gasteiger partial charge in [-0.2, -0.15) is 10.4 Å². The van der Waals surface area contributed by atoms with E-state index in [1.54, 1.807) is 41.3 Å². The molecule has 0 saturated heterocycles. The van der Waals surface area contributed by atoms with E-state index in [1.165, 1.54) is 37.4 Å². The van der Waals surface area contributed by atoms with Gasteiger partial charge in [0.25, 0.3) is 5.56 Å². The van der Waals surface area contributed by atoms with Gasteiger partial charge < -0.3 is 5.11 Å². The van der Waals surface area contributed by atoms with E-state index in [9.17, 15) is 24.3 Å². The molecule has 3 heterocycles. The first-order valence-corrected chi connectivity index (χ1v) is 12.3. The fourth-order valence-corrected chi connectivity index (χ4v) is 4.37. The van der Waals surface area contributed by atoms with Crippen LogP contribution >= 0.6 is 0 Å². The van der Waals surface area contributed by atoms with Crippen LogP contribution in [-0.2, 0) is 6.54 Å². The second-order valence-electron chi connectivity index (χ2n) is 8.98. The number of hydrogen-bond donors (Lipinski definition) is 1. The summed E-state index contributed by atoms with van der Waals surface area (Å²) in [5, 5.41) is 25.4. The smallest absolute Gasteiger partial charge is 0.271 e. The van der Waals surface area contributed by atoms with Gasteiger partial charge in [0, 0.05) is 29.7 Å². The van der Waals surface area contributed by atoms with Crippen molar-refractivity contribution in [2.75, 3.05) is 0 Å². The molecule has 0 saturated carbocycles. The van der Waals surface area contributed by atoms with Crippen molar-refractivity contribution in [3.63, 3.8) is 0 Å². The minimum absolute atomic E-state index is 0.0734. The summed E-state index contributed by atoms with van der Waals surface area (Å²) < 4.78 is 16.2. The molecule has 5 rings (SSSR count). The Balaban J connectivity index is 1.58. The lowest BCUT2D eigenvalue weighted by atomic mass is 10.0. The molecule has 0 amide bonds. The number of carbonyl (C=O) groups is 1. The zero-order chi connectivity index (χ0) is 28.2. The predicted octanol–water partition coefficient (Wildman–Crippen LogP) is 5.07. The van der Waals surface area contributed by atoms with Crippen LogP contribution in [0.5, 0.6) is 5.88 Å². The lowest BCUT2D eigenvalue weighted by Gasteiger charge is -2.14. The number of carbonyl (C=O) groups excluding carboxylic acids is 1. The summed E-state index contributed by atoms with van der Waals surface area (Å²) in [6.07, 6.45) is 7.62. The van der Waals surface area contributed by atoms with Crippen LogP contribution in [-0.4, -0.2) is 30.2 Å². The number of allylic oxidation sites excluding steroid dienone is 1. The van der Waals surface area contributed by atoms with E-state index in [0.717, 1.165) is 10.3 Å². The van der Waals surface area contributed by atoms with Gasteiger partial charge in [-0.25, -0.2) is 9.07 Å². The Morgan fingerprint density at radius 2 is 1.85 bits per heavy atom. The maximum Gasteiger partial charge on any atom is 0.271 e. The van der Waals surface area contributed by atoms with Crippen molar-refractivity contribution in [3.8, 4) is 28.9 Å². The second kappa shape index (κ2) is 11.0. The monoisotopic (exact) mass is 531 g/mol. The largest absolute Gasteiger partial charge is 0.494 e. The lowest BCUT2D eigenvalue weighted by Crippen LogP contribution is -2.26. The van der Waals surface area contributed by atoms with E-state index < -0.39 is 17.2 Å². The number of pyridine rings is 2. The third-order valence-corrected chi connectivity index (χ3v) is 6.41. The molecule has 3 aromatic heterocycles. The van der Waals surface area contributed by atoms with Crippen LogP contribution in [0.25, 0.3) is 23.0 Å². The van der Waals surface area contributed by atoms with Gasteiger partial charge in [-0.05, 0) is 72.7 Å². The highest BCUT2D eigenvalue weighted by Gasteiger charge is 2.23. The van der Waals surface area contributed by atoms with Gasteiger partial charge in [0.2, 0.25) is 5.88 Å². The van der Waals surface area contributed by atoms with Crippen LogP contribution in [0.4, 0.5) is 4.39 Å². The lowest BCUT2D eigenvalue weighted by molar-refractivity contribution is 0.104. The summed E-state index contributed by atoms with van der Waals surface area (Å²) in [5.41, 5.74) is 2.09. The van der Waals surface area contributed by atoms with Gasteiger partial charge in [-0.15, -0.1) is 0 Å². The first-order valence-electron chi connectivity index (χ1n) is 12.3. The highest BCUT2D eigenvalue weighted by atomic mass is 19.1. The molecule has 5 aromatic rings. The molecular formula is C31H22FN5O3. The van der Waals surface area contributed by atoms with Crippen molar-refractivity contribution in [2.45, 2.75) is 13.5 Å². The van der Waals surface area contributed by atoms with Crippen molar-refractivity contribution < 1.29 is 14.3 Å². The summed E-state index contributed by atoms with van der Waals surface area (Å²) in [5.74, 6) is -1.54. The summed E-state index contributed by atoms with van der Waals surface area (Å²) in [7, 11) is 0. The van der Waals surface area contributed by atoms with E-state index in [4.69, 9.17) is 0 Å². The maximum absolute atomic E-state index is 13.6. The number of nitriles is 1. The van der Waals surface area contributed by atoms with Crippen LogP contribution < -0.4 is 5.56 Å². The zero-order valence-electron chi connectivity index (χ0n) is 21.3. The topological polar surface area (TPSA) is 114 Å². The number of hydrogen-bond acceptors (Lipinski definition) is 6. The van der Waals surface area contributed by atoms with Gasteiger partial charge >= 0.3 is 0 Å². The average molecular weight is 532 g/mol. The molecule has 9 heteroatoms. The van der Waals surface area contributed by atoms with Crippen LogP contribution in [0.1, 0.15) is 32.6 Å². The van der Waals surface area contributed by atoms with E-state index >= 15 is 0 Å². The number of aromatic hydroxyl groups is 1. The summed E-state index contributed by atoms with van der Waals surface area (Å²) in [6.45, 7) is 1.38. The summed E-state index contributed by atoms with van der Waals surface area (Å²) in [4.78, 5) is 30.4. The molecule has 0 unspecified atom stereocenters. The quantitative estimate of drug-likeness (QED) is 0.232. The van der Waals surface area contributed by atoms with Gasteiger partial charge in [-0.3, -0.25) is 19.1 Å². The number of nitrogens with zero attached hydrogens (tertiary/aromatic N) is 5. The molecule has 2 aromatic carbocycles. The number of ketones is 1. The van der Waals surface area contributed by atoms with Gasteiger partial charge in [0.1, 0.15) is 17.4 Å². The molecule has 0 aliphatic carbocycles. The number of aromatic nitrogens is 4. The Morgan fingerprint density at radius 3 is 2.52 bits per heavy atom. The molecule has 0 radical (unpaired) electrons. The van der Waals surface area contributed by atoms with E-state index in [2.05, 4.69) is 10.1 Å². The summed E-state index contributed by atoms with van der Waals surface area (Å²) in [6, 6.07) is 20.5. The Hall–Kier alpha value is -5.62.